The van der Waals surface area contributed by atoms with Crippen LogP contribution in [0, 0.1) is 0 Å². The van der Waals surface area contributed by atoms with Crippen LogP contribution in [0.1, 0.15) is 0 Å². The maximum Gasteiger partial charge on any atom is 0.147 e. The fourth-order valence-corrected chi connectivity index (χ4v) is 1.72. The molecule has 2 aliphatic rings. The standard InChI is InChI=1S/C10H13N3O/c1-11-6-8-2-3-10-12-4-5-13(10)9(8)7-14/h2-5,7,9,11-12H,6H2,1H3. The van der Waals surface area contributed by atoms with Crippen molar-refractivity contribution < 1.29 is 4.79 Å². The molecule has 2 heterocycles. The van der Waals surface area contributed by atoms with Gasteiger partial charge in [0.05, 0.1) is 0 Å². The van der Waals surface area contributed by atoms with Gasteiger partial charge in [-0.15, -0.1) is 0 Å². The number of rotatable bonds is 3. The van der Waals surface area contributed by atoms with Crippen molar-refractivity contribution in [3.8, 4) is 0 Å². The molecule has 0 aliphatic carbocycles. The molecule has 4 nitrogen and oxygen atoms in total. The van der Waals surface area contributed by atoms with Crippen LogP contribution >= 0.6 is 0 Å². The van der Waals surface area contributed by atoms with Crippen molar-refractivity contribution in [3.05, 3.63) is 35.9 Å². The molecule has 2 aliphatic heterocycles. The van der Waals surface area contributed by atoms with Crippen LogP contribution in [0.15, 0.2) is 35.9 Å². The normalized spacial score (nSPS) is 23.8. The molecule has 0 aromatic rings. The fourth-order valence-electron chi connectivity index (χ4n) is 1.72. The first-order chi connectivity index (χ1) is 6.86. The number of carbonyl (C=O) groups excluding carboxylic acids is 1. The van der Waals surface area contributed by atoms with E-state index < -0.39 is 0 Å². The highest BCUT2D eigenvalue weighted by Gasteiger charge is 2.26. The van der Waals surface area contributed by atoms with E-state index in [-0.39, 0.29) is 6.04 Å². The van der Waals surface area contributed by atoms with Gasteiger partial charge in [0.1, 0.15) is 18.1 Å². The molecule has 1 unspecified atom stereocenters. The van der Waals surface area contributed by atoms with Gasteiger partial charge in [0.15, 0.2) is 0 Å². The minimum absolute atomic E-state index is 0.173. The number of nitrogens with one attached hydrogen (secondary N) is 2. The summed E-state index contributed by atoms with van der Waals surface area (Å²) in [6.45, 7) is 0.734. The van der Waals surface area contributed by atoms with Crippen molar-refractivity contribution in [3.63, 3.8) is 0 Å². The minimum Gasteiger partial charge on any atom is -0.347 e. The molecule has 0 saturated heterocycles. The van der Waals surface area contributed by atoms with Gasteiger partial charge in [-0.05, 0) is 18.7 Å². The Morgan fingerprint density at radius 2 is 2.50 bits per heavy atom. The van der Waals surface area contributed by atoms with Gasteiger partial charge in [-0.3, -0.25) is 0 Å². The zero-order chi connectivity index (χ0) is 9.97. The molecule has 0 aromatic heterocycles. The minimum atomic E-state index is -0.173. The Hall–Kier alpha value is -1.55. The van der Waals surface area contributed by atoms with Crippen molar-refractivity contribution in [2.24, 2.45) is 0 Å². The molecular weight excluding hydrogens is 178 g/mol. The lowest BCUT2D eigenvalue weighted by molar-refractivity contribution is -0.110. The lowest BCUT2D eigenvalue weighted by Crippen LogP contribution is -2.38. The highest BCUT2D eigenvalue weighted by molar-refractivity contribution is 5.66. The lowest BCUT2D eigenvalue weighted by atomic mass is 10.0. The van der Waals surface area contributed by atoms with Crippen molar-refractivity contribution in [1.82, 2.24) is 15.5 Å². The predicted octanol–water partition coefficient (Wildman–Crippen LogP) is -0.0689. The molecule has 0 amide bonds. The van der Waals surface area contributed by atoms with Gasteiger partial charge in [0, 0.05) is 18.9 Å². The Labute approximate surface area is 83.0 Å². The Bertz CT molecular complexity index is 330. The highest BCUT2D eigenvalue weighted by atomic mass is 16.1. The summed E-state index contributed by atoms with van der Waals surface area (Å²) in [5.74, 6) is 0.960. The van der Waals surface area contributed by atoms with E-state index in [1.54, 1.807) is 0 Å². The van der Waals surface area contributed by atoms with Gasteiger partial charge in [0.25, 0.3) is 0 Å². The van der Waals surface area contributed by atoms with Gasteiger partial charge >= 0.3 is 0 Å². The summed E-state index contributed by atoms with van der Waals surface area (Å²) in [5, 5.41) is 6.12. The first kappa shape index (κ1) is 9.02. The third-order valence-corrected chi connectivity index (χ3v) is 2.39. The first-order valence-electron chi connectivity index (χ1n) is 4.59. The summed E-state index contributed by atoms with van der Waals surface area (Å²) in [7, 11) is 1.88. The summed E-state index contributed by atoms with van der Waals surface area (Å²) in [4.78, 5) is 12.9. The van der Waals surface area contributed by atoms with E-state index in [1.807, 2.05) is 36.5 Å². The van der Waals surface area contributed by atoms with Crippen molar-refractivity contribution in [1.29, 1.82) is 0 Å². The molecule has 74 valence electrons. The first-order valence-corrected chi connectivity index (χ1v) is 4.59. The zero-order valence-corrected chi connectivity index (χ0v) is 8.03. The number of aldehydes is 1. The summed E-state index contributed by atoms with van der Waals surface area (Å²) in [6.07, 6.45) is 8.65. The van der Waals surface area contributed by atoms with Crippen LogP contribution in [0.3, 0.4) is 0 Å². The highest BCUT2D eigenvalue weighted by Crippen LogP contribution is 2.22. The molecule has 1 atom stereocenters. The zero-order valence-electron chi connectivity index (χ0n) is 8.03. The number of nitrogens with zero attached hydrogens (tertiary/aromatic N) is 1. The van der Waals surface area contributed by atoms with Crippen LogP contribution in [-0.4, -0.2) is 30.8 Å². The number of fused-ring (bicyclic) bond motifs is 1. The number of hydrogen-bond donors (Lipinski definition) is 2. The second-order valence-electron chi connectivity index (χ2n) is 3.27. The summed E-state index contributed by atoms with van der Waals surface area (Å²) in [5.41, 5.74) is 1.08. The smallest absolute Gasteiger partial charge is 0.147 e. The van der Waals surface area contributed by atoms with Crippen LogP contribution < -0.4 is 10.6 Å². The van der Waals surface area contributed by atoms with E-state index in [4.69, 9.17) is 0 Å². The molecule has 0 bridgehead atoms. The molecule has 2 rings (SSSR count). The van der Waals surface area contributed by atoms with Crippen molar-refractivity contribution >= 4 is 6.29 Å². The Morgan fingerprint density at radius 3 is 3.21 bits per heavy atom. The Kier molecular flexibility index (Phi) is 2.37. The van der Waals surface area contributed by atoms with Crippen LogP contribution in [0.5, 0.6) is 0 Å². The van der Waals surface area contributed by atoms with Crippen molar-refractivity contribution in [2.45, 2.75) is 6.04 Å². The molecular formula is C10H13N3O. The van der Waals surface area contributed by atoms with Gasteiger partial charge in [0.2, 0.25) is 0 Å². The largest absolute Gasteiger partial charge is 0.347 e. The van der Waals surface area contributed by atoms with Crippen LogP contribution in [-0.2, 0) is 4.79 Å². The lowest BCUT2D eigenvalue weighted by Gasteiger charge is -2.29. The van der Waals surface area contributed by atoms with Crippen LogP contribution in [0.2, 0.25) is 0 Å². The van der Waals surface area contributed by atoms with Gasteiger partial charge in [-0.2, -0.15) is 0 Å². The quantitative estimate of drug-likeness (QED) is 0.613. The maximum absolute atomic E-state index is 11.0. The molecule has 4 heteroatoms. The SMILES string of the molecule is CNCC1=CC=C2NC=CN2C1C=O. The second-order valence-corrected chi connectivity index (χ2v) is 3.27. The van der Waals surface area contributed by atoms with Gasteiger partial charge in [-0.25, -0.2) is 0 Å². The summed E-state index contributed by atoms with van der Waals surface area (Å²) >= 11 is 0. The van der Waals surface area contributed by atoms with Gasteiger partial charge < -0.3 is 20.3 Å². The van der Waals surface area contributed by atoms with Gasteiger partial charge in [-0.1, -0.05) is 6.08 Å². The molecule has 0 fully saturated rings. The van der Waals surface area contributed by atoms with E-state index in [2.05, 4.69) is 10.6 Å². The molecule has 0 spiro atoms. The topological polar surface area (TPSA) is 44.4 Å². The predicted molar refractivity (Wildman–Crippen MR) is 54.1 cm³/mol. The third-order valence-electron chi connectivity index (χ3n) is 2.39. The van der Waals surface area contributed by atoms with Crippen LogP contribution in [0.4, 0.5) is 0 Å². The second kappa shape index (κ2) is 3.67. The number of carbonyl (C=O) groups is 1. The number of likely N-dealkylation sites (N-methyl/N-ethyl adjacent to an activating group) is 1. The fraction of sp³-hybridized carbons (Fsp3) is 0.300. The summed E-state index contributed by atoms with van der Waals surface area (Å²) in [6, 6.07) is -0.173. The number of hydrogen-bond acceptors (Lipinski definition) is 4. The Morgan fingerprint density at radius 1 is 1.64 bits per heavy atom. The molecule has 0 radical (unpaired) electrons. The molecule has 2 N–H and O–H groups in total. The van der Waals surface area contributed by atoms with E-state index in [0.29, 0.717) is 0 Å². The van der Waals surface area contributed by atoms with E-state index >= 15 is 0 Å². The monoisotopic (exact) mass is 191 g/mol. The Balaban J connectivity index is 2.25. The van der Waals surface area contributed by atoms with E-state index in [9.17, 15) is 4.79 Å². The van der Waals surface area contributed by atoms with Crippen molar-refractivity contribution in [2.75, 3.05) is 13.6 Å². The summed E-state index contributed by atoms with van der Waals surface area (Å²) < 4.78 is 0. The molecule has 0 saturated carbocycles. The molecule has 14 heavy (non-hydrogen) atoms. The van der Waals surface area contributed by atoms with E-state index in [0.717, 1.165) is 24.2 Å². The maximum atomic E-state index is 11.0. The average molecular weight is 191 g/mol. The van der Waals surface area contributed by atoms with Crippen LogP contribution in [0.25, 0.3) is 0 Å². The average Bonchev–Trinajstić information content (AvgIpc) is 2.66. The third kappa shape index (κ3) is 1.33. The number of allylic oxidation sites excluding steroid dienone is 2. The van der Waals surface area contributed by atoms with E-state index in [1.165, 1.54) is 0 Å². The molecule has 0 aromatic carbocycles.